The molecule has 3 aromatic heterocycles. The largest absolute Gasteiger partial charge is 0.481 e. The molecule has 8 nitrogen and oxygen atoms in total. The molecule has 0 amide bonds. The average molecular weight is 394 g/mol. The van der Waals surface area contributed by atoms with Crippen molar-refractivity contribution in [1.82, 2.24) is 19.7 Å². The molecule has 1 aromatic carbocycles. The van der Waals surface area contributed by atoms with E-state index in [1.165, 1.54) is 18.2 Å². The molecule has 0 spiro atoms. The maximum atomic E-state index is 13.2. The first kappa shape index (κ1) is 18.5. The molecular weight excluding hydrogens is 379 g/mol. The lowest BCUT2D eigenvalue weighted by molar-refractivity contribution is 0.270. The molecule has 0 aliphatic rings. The zero-order valence-electron chi connectivity index (χ0n) is 15.3. The summed E-state index contributed by atoms with van der Waals surface area (Å²) >= 11 is 0. The number of nitrogens with one attached hydrogen (secondary N) is 1. The van der Waals surface area contributed by atoms with Gasteiger partial charge in [0, 0.05) is 24.4 Å². The summed E-state index contributed by atoms with van der Waals surface area (Å²) in [5.74, 6) is 5.21. The van der Waals surface area contributed by atoms with E-state index in [1.54, 1.807) is 30.2 Å². The number of hydrogen-bond donors (Lipinski definition) is 2. The fraction of sp³-hybridized carbons (Fsp3) is 0.150. The molecule has 0 radical (unpaired) electrons. The van der Waals surface area contributed by atoms with Crippen molar-refractivity contribution in [1.29, 1.82) is 0 Å². The maximum Gasteiger partial charge on any atom is 0.418 e. The third-order valence-electron chi connectivity index (χ3n) is 4.20. The Balaban J connectivity index is 1.57. The number of aryl methyl sites for hydroxylation is 1. The Morgan fingerprint density at radius 2 is 2.21 bits per heavy atom. The monoisotopic (exact) mass is 394 g/mol. The van der Waals surface area contributed by atoms with Crippen LogP contribution in [-0.2, 0) is 13.7 Å². The van der Waals surface area contributed by atoms with Crippen molar-refractivity contribution in [2.45, 2.75) is 6.61 Å². The molecule has 0 aliphatic heterocycles. The minimum Gasteiger partial charge on any atom is -0.481 e. The minimum atomic E-state index is -0.574. The molecule has 0 atom stereocenters. The van der Waals surface area contributed by atoms with E-state index in [4.69, 9.17) is 9.15 Å². The van der Waals surface area contributed by atoms with E-state index >= 15 is 0 Å². The zero-order chi connectivity index (χ0) is 20.4. The van der Waals surface area contributed by atoms with Crippen molar-refractivity contribution in [3.63, 3.8) is 0 Å². The van der Waals surface area contributed by atoms with Crippen LogP contribution >= 0.6 is 0 Å². The van der Waals surface area contributed by atoms with Gasteiger partial charge in [-0.15, -0.1) is 0 Å². The third-order valence-corrected chi connectivity index (χ3v) is 4.20. The van der Waals surface area contributed by atoms with Gasteiger partial charge in [0.05, 0.1) is 24.1 Å². The Morgan fingerprint density at radius 1 is 1.34 bits per heavy atom. The Labute approximate surface area is 163 Å². The minimum absolute atomic E-state index is 0.0386. The number of aromatic nitrogens is 4. The second-order valence-corrected chi connectivity index (χ2v) is 6.12. The number of nitrogens with zero attached hydrogens (tertiary/aromatic N) is 3. The smallest absolute Gasteiger partial charge is 0.418 e. The molecule has 9 heteroatoms. The van der Waals surface area contributed by atoms with Gasteiger partial charge in [0.2, 0.25) is 0 Å². The number of fused-ring (bicyclic) bond motifs is 1. The van der Waals surface area contributed by atoms with Crippen LogP contribution in [-0.4, -0.2) is 31.5 Å². The summed E-state index contributed by atoms with van der Waals surface area (Å²) in [6, 6.07) is 5.60. The zero-order valence-corrected chi connectivity index (χ0v) is 15.3. The molecule has 0 unspecified atom stereocenters. The number of rotatable bonds is 4. The van der Waals surface area contributed by atoms with Crippen LogP contribution in [0.5, 0.6) is 5.75 Å². The second kappa shape index (κ2) is 7.61. The fourth-order valence-electron chi connectivity index (χ4n) is 2.90. The molecule has 29 heavy (non-hydrogen) atoms. The summed E-state index contributed by atoms with van der Waals surface area (Å²) in [6.45, 7) is -0.297. The van der Waals surface area contributed by atoms with Gasteiger partial charge in [-0.25, -0.2) is 14.2 Å². The summed E-state index contributed by atoms with van der Waals surface area (Å²) < 4.78 is 25.4. The first-order chi connectivity index (χ1) is 14.0. The molecule has 0 fully saturated rings. The van der Waals surface area contributed by atoms with Crippen LogP contribution in [0.4, 0.5) is 4.39 Å². The Bertz CT molecular complexity index is 1310. The highest BCUT2D eigenvalue weighted by Crippen LogP contribution is 2.24. The number of aliphatic hydroxyl groups is 1. The first-order valence-corrected chi connectivity index (χ1v) is 8.57. The van der Waals surface area contributed by atoms with E-state index in [-0.39, 0.29) is 13.2 Å². The van der Waals surface area contributed by atoms with Gasteiger partial charge in [0.25, 0.3) is 0 Å². The number of ether oxygens (including phenoxy) is 1. The number of pyridine rings is 1. The van der Waals surface area contributed by atoms with Crippen LogP contribution in [0.2, 0.25) is 0 Å². The van der Waals surface area contributed by atoms with Gasteiger partial charge in [-0.1, -0.05) is 11.8 Å². The number of oxazole rings is 1. The van der Waals surface area contributed by atoms with Gasteiger partial charge in [-0.2, -0.15) is 5.10 Å². The van der Waals surface area contributed by atoms with Gasteiger partial charge < -0.3 is 14.3 Å². The number of hydrogen-bond acceptors (Lipinski definition) is 6. The second-order valence-electron chi connectivity index (χ2n) is 6.12. The first-order valence-electron chi connectivity index (χ1n) is 8.57. The number of H-pyrrole nitrogens is 1. The predicted molar refractivity (Wildman–Crippen MR) is 102 cm³/mol. The lowest BCUT2D eigenvalue weighted by Gasteiger charge is -2.07. The van der Waals surface area contributed by atoms with Crippen molar-refractivity contribution in [3.8, 4) is 28.8 Å². The summed E-state index contributed by atoms with van der Waals surface area (Å²) in [7, 11) is 1.76. The predicted octanol–water partition coefficient (Wildman–Crippen LogP) is 1.98. The van der Waals surface area contributed by atoms with E-state index in [1.807, 2.05) is 0 Å². The normalized spacial score (nSPS) is 10.7. The van der Waals surface area contributed by atoms with Crippen LogP contribution in [0, 0.1) is 17.7 Å². The van der Waals surface area contributed by atoms with Crippen molar-refractivity contribution in [3.05, 3.63) is 64.2 Å². The Hall–Kier alpha value is -3.90. The quantitative estimate of drug-likeness (QED) is 0.513. The lowest BCUT2D eigenvalue weighted by Crippen LogP contribution is -1.99. The molecular formula is C20H15FN4O4. The molecule has 2 N–H and O–H groups in total. The lowest BCUT2D eigenvalue weighted by atomic mass is 10.1. The number of benzene rings is 1. The summed E-state index contributed by atoms with van der Waals surface area (Å²) in [5, 5.41) is 13.5. The highest BCUT2D eigenvalue weighted by Gasteiger charge is 2.12. The molecule has 146 valence electrons. The van der Waals surface area contributed by atoms with E-state index in [0.717, 1.165) is 0 Å². The molecule has 0 saturated heterocycles. The van der Waals surface area contributed by atoms with E-state index < -0.39 is 11.6 Å². The number of halogens is 1. The van der Waals surface area contributed by atoms with Crippen molar-refractivity contribution in [2.75, 3.05) is 6.61 Å². The number of aromatic amines is 1. The van der Waals surface area contributed by atoms with Crippen LogP contribution in [0.1, 0.15) is 11.1 Å². The SMILES string of the molecule is Cn1ncc(C#CCOc2ccc(F)cc2CO)c1-c1cnc2[nH]c(=O)oc2c1. The number of aliphatic hydroxyl groups excluding tert-OH is 1. The van der Waals surface area contributed by atoms with E-state index in [0.29, 0.717) is 39.4 Å². The Kier molecular flexibility index (Phi) is 4.85. The molecule has 4 rings (SSSR count). The molecule has 0 bridgehead atoms. The summed E-state index contributed by atoms with van der Waals surface area (Å²) in [5.41, 5.74) is 3.07. The highest BCUT2D eigenvalue weighted by atomic mass is 19.1. The van der Waals surface area contributed by atoms with Gasteiger partial charge in [-0.3, -0.25) is 9.67 Å². The molecule has 3 heterocycles. The van der Waals surface area contributed by atoms with Crippen LogP contribution < -0.4 is 10.5 Å². The summed E-state index contributed by atoms with van der Waals surface area (Å²) in [6.07, 6.45) is 3.20. The molecule has 0 saturated carbocycles. The van der Waals surface area contributed by atoms with Crippen LogP contribution in [0.3, 0.4) is 0 Å². The van der Waals surface area contributed by atoms with E-state index in [9.17, 15) is 14.3 Å². The van der Waals surface area contributed by atoms with Gasteiger partial charge in [0.1, 0.15) is 18.2 Å². The topological polar surface area (TPSA) is 106 Å². The van der Waals surface area contributed by atoms with Gasteiger partial charge in [-0.05, 0) is 24.3 Å². The van der Waals surface area contributed by atoms with Crippen molar-refractivity contribution in [2.24, 2.45) is 7.05 Å². The van der Waals surface area contributed by atoms with Crippen molar-refractivity contribution < 1.29 is 18.7 Å². The highest BCUT2D eigenvalue weighted by molar-refractivity contribution is 5.77. The Morgan fingerprint density at radius 3 is 3.03 bits per heavy atom. The summed E-state index contributed by atoms with van der Waals surface area (Å²) in [4.78, 5) is 18.0. The van der Waals surface area contributed by atoms with Gasteiger partial charge in [0.15, 0.2) is 11.2 Å². The van der Waals surface area contributed by atoms with Crippen LogP contribution in [0.15, 0.2) is 45.9 Å². The molecule has 0 aliphatic carbocycles. The standard InChI is InChI=1S/C20H15FN4O4/c1-25-18(13-8-17-19(22-9-13)24-20(27)29-17)12(10-23-25)3-2-6-28-16-5-4-15(21)7-14(16)11-26/h4-5,7-10,26H,6,11H2,1H3,(H,22,24,27). The third kappa shape index (κ3) is 3.74. The molecule has 4 aromatic rings. The van der Waals surface area contributed by atoms with Gasteiger partial charge >= 0.3 is 5.76 Å². The fourth-order valence-corrected chi connectivity index (χ4v) is 2.90. The van der Waals surface area contributed by atoms with Crippen molar-refractivity contribution >= 4 is 11.2 Å². The maximum absolute atomic E-state index is 13.2. The average Bonchev–Trinajstić information content (AvgIpc) is 3.26. The van der Waals surface area contributed by atoms with Crippen LogP contribution in [0.25, 0.3) is 22.5 Å². The van der Waals surface area contributed by atoms with E-state index in [2.05, 4.69) is 26.9 Å².